The fraction of sp³-hybridized carbons (Fsp3) is 0.571. The number of benzene rings is 1. The normalized spacial score (nSPS) is 30.9. The number of ether oxygens (including phenoxy) is 2. The standard InChI is InChI=1S/C28H34N2O4/c1-16-7-24(31)27(17(2)30(16)14-22-15-33-25-5-3-4-6-26(25)34-22)28(32)29-13-23-20-9-18-8-19(11-20)12-21(23)10-18/h3-7,18-23H,8-15H2,1-2H3,(H,29,32). The lowest BCUT2D eigenvalue weighted by molar-refractivity contribution is -0.0347. The highest BCUT2D eigenvalue weighted by molar-refractivity contribution is 5.95. The number of nitrogens with zero attached hydrogens (tertiary/aromatic N) is 1. The van der Waals surface area contributed by atoms with Gasteiger partial charge in [-0.05, 0) is 87.7 Å². The lowest BCUT2D eigenvalue weighted by Crippen LogP contribution is -2.49. The number of hydrogen-bond acceptors (Lipinski definition) is 4. The van der Waals surface area contributed by atoms with Crippen LogP contribution in [0.5, 0.6) is 11.5 Å². The van der Waals surface area contributed by atoms with Crippen LogP contribution in [0.15, 0.2) is 35.1 Å². The highest BCUT2D eigenvalue weighted by Crippen LogP contribution is 2.56. The Morgan fingerprint density at radius 1 is 1.03 bits per heavy atom. The van der Waals surface area contributed by atoms with Gasteiger partial charge in [0.05, 0.1) is 6.54 Å². The minimum absolute atomic E-state index is 0.196. The summed E-state index contributed by atoms with van der Waals surface area (Å²) in [4.78, 5) is 26.1. The molecule has 2 heterocycles. The molecule has 0 spiro atoms. The van der Waals surface area contributed by atoms with Crippen molar-refractivity contribution >= 4 is 5.91 Å². The monoisotopic (exact) mass is 462 g/mol. The summed E-state index contributed by atoms with van der Waals surface area (Å²) in [6.07, 6.45) is 6.55. The summed E-state index contributed by atoms with van der Waals surface area (Å²) in [5, 5.41) is 3.16. The number of aromatic nitrogens is 1. The van der Waals surface area contributed by atoms with E-state index in [0.29, 0.717) is 31.3 Å². The van der Waals surface area contributed by atoms with E-state index in [9.17, 15) is 9.59 Å². The van der Waals surface area contributed by atoms with E-state index < -0.39 is 0 Å². The zero-order valence-corrected chi connectivity index (χ0v) is 20.1. The van der Waals surface area contributed by atoms with E-state index in [2.05, 4.69) is 5.32 Å². The molecule has 180 valence electrons. The summed E-state index contributed by atoms with van der Waals surface area (Å²) >= 11 is 0. The number of aryl methyl sites for hydroxylation is 1. The molecule has 4 fully saturated rings. The van der Waals surface area contributed by atoms with Crippen molar-refractivity contribution in [2.24, 2.45) is 29.6 Å². The molecule has 6 heteroatoms. The molecule has 34 heavy (non-hydrogen) atoms. The number of fused-ring (bicyclic) bond motifs is 1. The Labute approximate surface area is 200 Å². The van der Waals surface area contributed by atoms with E-state index in [1.807, 2.05) is 42.7 Å². The van der Waals surface area contributed by atoms with Crippen LogP contribution in [0, 0.1) is 43.4 Å². The predicted octanol–water partition coefficient (Wildman–Crippen LogP) is 4.11. The molecule has 6 nitrogen and oxygen atoms in total. The number of para-hydroxylation sites is 2. The van der Waals surface area contributed by atoms with Crippen LogP contribution in [-0.4, -0.2) is 29.7 Å². The van der Waals surface area contributed by atoms with Crippen molar-refractivity contribution in [3.05, 3.63) is 57.5 Å². The summed E-state index contributed by atoms with van der Waals surface area (Å²) in [5.41, 5.74) is 1.56. The summed E-state index contributed by atoms with van der Waals surface area (Å²) in [6, 6.07) is 9.21. The van der Waals surface area contributed by atoms with Crippen molar-refractivity contribution in [1.82, 2.24) is 9.88 Å². The molecule has 2 aromatic rings. The maximum absolute atomic E-state index is 13.3. The van der Waals surface area contributed by atoms with Crippen molar-refractivity contribution in [3.8, 4) is 11.5 Å². The molecule has 4 aliphatic carbocycles. The molecule has 4 bridgehead atoms. The SMILES string of the molecule is Cc1cc(=O)c(C(=O)NCC2C3CC4CC(C3)CC2C4)c(C)n1CC1COc2ccccc2O1. The number of carbonyl (C=O) groups is 1. The van der Waals surface area contributed by atoms with E-state index in [1.165, 1.54) is 32.1 Å². The van der Waals surface area contributed by atoms with Gasteiger partial charge in [0.1, 0.15) is 12.2 Å². The minimum Gasteiger partial charge on any atom is -0.486 e. The molecule has 5 aliphatic rings. The molecule has 1 aromatic carbocycles. The average molecular weight is 463 g/mol. The average Bonchev–Trinajstić information content (AvgIpc) is 2.80. The van der Waals surface area contributed by atoms with E-state index >= 15 is 0 Å². The van der Waals surface area contributed by atoms with Crippen molar-refractivity contribution in [2.45, 2.75) is 58.6 Å². The Hall–Kier alpha value is -2.76. The Bertz CT molecular complexity index is 1140. The second-order valence-electron chi connectivity index (χ2n) is 11.0. The summed E-state index contributed by atoms with van der Waals surface area (Å²) in [6.45, 7) is 5.40. The van der Waals surface area contributed by atoms with Crippen LogP contribution < -0.4 is 20.2 Å². The van der Waals surface area contributed by atoms with Crippen LogP contribution in [-0.2, 0) is 6.54 Å². The second kappa shape index (κ2) is 8.47. The van der Waals surface area contributed by atoms with Crippen LogP contribution in [0.25, 0.3) is 0 Å². The quantitative estimate of drug-likeness (QED) is 0.726. The van der Waals surface area contributed by atoms with Crippen LogP contribution in [0.2, 0.25) is 0 Å². The Kier molecular flexibility index (Phi) is 5.42. The van der Waals surface area contributed by atoms with E-state index in [1.54, 1.807) is 6.07 Å². The van der Waals surface area contributed by atoms with Crippen LogP contribution >= 0.6 is 0 Å². The largest absolute Gasteiger partial charge is 0.486 e. The fourth-order valence-electron chi connectivity index (χ4n) is 7.50. The first-order valence-electron chi connectivity index (χ1n) is 12.8. The maximum Gasteiger partial charge on any atom is 0.257 e. The maximum atomic E-state index is 13.3. The van der Waals surface area contributed by atoms with Crippen molar-refractivity contribution < 1.29 is 14.3 Å². The number of pyridine rings is 1. The zero-order valence-electron chi connectivity index (χ0n) is 20.1. The topological polar surface area (TPSA) is 69.6 Å². The van der Waals surface area contributed by atoms with Gasteiger partial charge < -0.3 is 19.4 Å². The number of nitrogens with one attached hydrogen (secondary N) is 1. The smallest absolute Gasteiger partial charge is 0.257 e. The van der Waals surface area contributed by atoms with Gasteiger partial charge in [-0.15, -0.1) is 0 Å². The van der Waals surface area contributed by atoms with Gasteiger partial charge in [-0.25, -0.2) is 0 Å². The van der Waals surface area contributed by atoms with Crippen molar-refractivity contribution in [2.75, 3.05) is 13.2 Å². The van der Waals surface area contributed by atoms with Gasteiger partial charge >= 0.3 is 0 Å². The van der Waals surface area contributed by atoms with Crippen LogP contribution in [0.3, 0.4) is 0 Å². The number of hydrogen-bond donors (Lipinski definition) is 1. The highest BCUT2D eigenvalue weighted by Gasteiger charge is 2.48. The van der Waals surface area contributed by atoms with Gasteiger partial charge in [-0.2, -0.15) is 0 Å². The summed E-state index contributed by atoms with van der Waals surface area (Å²) in [5.74, 6) is 5.13. The van der Waals surface area contributed by atoms with Crippen molar-refractivity contribution in [1.29, 1.82) is 0 Å². The molecule has 1 unspecified atom stereocenters. The lowest BCUT2D eigenvalue weighted by Gasteiger charge is -2.54. The van der Waals surface area contributed by atoms with Gasteiger partial charge in [0.25, 0.3) is 5.91 Å². The molecule has 1 aromatic heterocycles. The summed E-state index contributed by atoms with van der Waals surface area (Å²) < 4.78 is 14.0. The van der Waals surface area contributed by atoms with Crippen LogP contribution in [0.4, 0.5) is 0 Å². The molecule has 7 rings (SSSR count). The molecule has 1 amide bonds. The van der Waals surface area contributed by atoms with E-state index in [0.717, 1.165) is 40.9 Å². The second-order valence-corrected chi connectivity index (χ2v) is 11.0. The first-order chi connectivity index (χ1) is 16.5. The first kappa shape index (κ1) is 21.8. The molecule has 1 aliphatic heterocycles. The third kappa shape index (κ3) is 3.81. The number of carbonyl (C=O) groups excluding carboxylic acids is 1. The molecule has 1 atom stereocenters. The Balaban J connectivity index is 1.17. The molecule has 0 saturated heterocycles. The summed E-state index contributed by atoms with van der Waals surface area (Å²) in [7, 11) is 0. The molecular weight excluding hydrogens is 428 g/mol. The molecule has 4 saturated carbocycles. The van der Waals surface area contributed by atoms with Gasteiger partial charge in [0, 0.05) is 24.0 Å². The van der Waals surface area contributed by atoms with E-state index in [-0.39, 0.29) is 23.0 Å². The van der Waals surface area contributed by atoms with Gasteiger partial charge in [0.2, 0.25) is 0 Å². The number of amides is 1. The third-order valence-electron chi connectivity index (χ3n) is 8.88. The van der Waals surface area contributed by atoms with Gasteiger partial charge in [-0.3, -0.25) is 9.59 Å². The zero-order chi connectivity index (χ0) is 23.4. The van der Waals surface area contributed by atoms with Gasteiger partial charge in [0.15, 0.2) is 23.0 Å². The molecule has 1 N–H and O–H groups in total. The minimum atomic E-state index is -0.240. The molecular formula is C28H34N2O4. The fourth-order valence-corrected chi connectivity index (χ4v) is 7.50. The van der Waals surface area contributed by atoms with Gasteiger partial charge in [-0.1, -0.05) is 12.1 Å². The predicted molar refractivity (Wildman–Crippen MR) is 129 cm³/mol. The Morgan fingerprint density at radius 2 is 1.71 bits per heavy atom. The van der Waals surface area contributed by atoms with Crippen molar-refractivity contribution in [3.63, 3.8) is 0 Å². The molecule has 0 radical (unpaired) electrons. The van der Waals surface area contributed by atoms with E-state index in [4.69, 9.17) is 9.47 Å². The first-order valence-corrected chi connectivity index (χ1v) is 12.8. The number of rotatable bonds is 5. The third-order valence-corrected chi connectivity index (χ3v) is 8.88. The van der Waals surface area contributed by atoms with Crippen LogP contribution in [0.1, 0.15) is 53.8 Å². The highest BCUT2D eigenvalue weighted by atomic mass is 16.6. The Morgan fingerprint density at radius 3 is 2.41 bits per heavy atom. The lowest BCUT2D eigenvalue weighted by atomic mass is 9.52.